The lowest BCUT2D eigenvalue weighted by Crippen LogP contribution is -2.25. The van der Waals surface area contributed by atoms with Gasteiger partial charge in [-0.05, 0) is 42.5 Å². The molecule has 0 radical (unpaired) electrons. The van der Waals surface area contributed by atoms with Crippen LogP contribution in [-0.4, -0.2) is 55.1 Å². The van der Waals surface area contributed by atoms with Crippen LogP contribution in [0.3, 0.4) is 0 Å². The van der Waals surface area contributed by atoms with Crippen molar-refractivity contribution in [3.63, 3.8) is 0 Å². The number of aromatic hydroxyl groups is 1. The van der Waals surface area contributed by atoms with E-state index in [2.05, 4.69) is 17.2 Å². The van der Waals surface area contributed by atoms with Gasteiger partial charge in [0.2, 0.25) is 0 Å². The number of amides is 1. The minimum atomic E-state index is -4.94. The number of nitrogens with two attached hydrogens (primary N) is 1. The SMILES string of the molecule is C#CC(=O)NCCOCCc1ccc2nc(N)c3nc(CCCC)n(Cc4cccc(O)c4OP(=O)(O)O)c3c2c1. The third-order valence-corrected chi connectivity index (χ3v) is 6.83. The van der Waals surface area contributed by atoms with Crippen LogP contribution in [0, 0.1) is 12.3 Å². The number of phenolic OH excluding ortho intramolecular Hbond substituents is 1. The van der Waals surface area contributed by atoms with Crippen LogP contribution in [0.25, 0.3) is 21.9 Å². The summed E-state index contributed by atoms with van der Waals surface area (Å²) in [6, 6.07) is 10.3. The van der Waals surface area contributed by atoms with Crippen LogP contribution in [0.2, 0.25) is 0 Å². The van der Waals surface area contributed by atoms with Crippen molar-refractivity contribution in [1.82, 2.24) is 19.9 Å². The first-order chi connectivity index (χ1) is 19.6. The number of phenols is 1. The second-order valence-corrected chi connectivity index (χ2v) is 10.5. The number of aromatic nitrogens is 3. The summed E-state index contributed by atoms with van der Waals surface area (Å²) in [5, 5.41) is 13.7. The number of para-hydroxylation sites is 1. The summed E-state index contributed by atoms with van der Waals surface area (Å²) >= 11 is 0. The van der Waals surface area contributed by atoms with Gasteiger partial charge in [-0.15, -0.1) is 6.42 Å². The zero-order valence-electron chi connectivity index (χ0n) is 22.5. The van der Waals surface area contributed by atoms with Gasteiger partial charge in [-0.3, -0.25) is 14.6 Å². The van der Waals surface area contributed by atoms with Crippen molar-refractivity contribution in [1.29, 1.82) is 0 Å². The molecule has 0 spiro atoms. The molecule has 0 aliphatic carbocycles. The summed E-state index contributed by atoms with van der Waals surface area (Å²) in [4.78, 5) is 39.4. The number of nitrogens with one attached hydrogen (secondary N) is 1. The number of ether oxygens (including phenoxy) is 1. The van der Waals surface area contributed by atoms with Crippen molar-refractivity contribution in [2.24, 2.45) is 0 Å². The van der Waals surface area contributed by atoms with E-state index in [1.54, 1.807) is 12.1 Å². The number of phosphoric acid groups is 1. The van der Waals surface area contributed by atoms with Crippen molar-refractivity contribution >= 4 is 41.5 Å². The lowest BCUT2D eigenvalue weighted by molar-refractivity contribution is -0.115. The number of benzene rings is 2. The van der Waals surface area contributed by atoms with Crippen LogP contribution >= 0.6 is 7.82 Å². The standard InChI is InChI=1S/C28H32N5O7P/c1-3-5-9-23-32-25-26(33(23)17-19-7-6-8-22(34)27(19)40-41(36,37)38)20-16-18(10-11-21(20)31-28(25)29)12-14-39-15-13-30-24(35)4-2/h2,6-8,10-11,16,34H,3,5,9,12-15,17H2,1H3,(H2,29,31)(H,30,35)(H2,36,37,38). The molecule has 0 fully saturated rings. The molecule has 1 amide bonds. The van der Waals surface area contributed by atoms with Gasteiger partial charge < -0.3 is 30.0 Å². The molecule has 2 aromatic heterocycles. The Labute approximate surface area is 236 Å². The van der Waals surface area contributed by atoms with Crippen LogP contribution in [0.4, 0.5) is 5.82 Å². The van der Waals surface area contributed by atoms with Crippen molar-refractivity contribution < 1.29 is 33.5 Å². The summed E-state index contributed by atoms with van der Waals surface area (Å²) in [5.74, 6) is 1.79. The topological polar surface area (TPSA) is 182 Å². The Hall–Kier alpha value is -4.14. The minimum Gasteiger partial charge on any atom is -0.504 e. The molecule has 0 saturated carbocycles. The van der Waals surface area contributed by atoms with Crippen molar-refractivity contribution in [3.05, 3.63) is 53.3 Å². The van der Waals surface area contributed by atoms with E-state index >= 15 is 0 Å². The van der Waals surface area contributed by atoms with E-state index in [0.29, 0.717) is 54.7 Å². The molecule has 12 nitrogen and oxygen atoms in total. The fraction of sp³-hybridized carbons (Fsp3) is 0.321. The van der Waals surface area contributed by atoms with Crippen LogP contribution < -0.4 is 15.6 Å². The Balaban J connectivity index is 1.73. The van der Waals surface area contributed by atoms with Gasteiger partial charge in [-0.1, -0.05) is 31.5 Å². The molecule has 4 aromatic rings. The molecular weight excluding hydrogens is 549 g/mol. The number of carbonyl (C=O) groups excluding carboxylic acids is 1. The number of anilines is 1. The lowest BCUT2D eigenvalue weighted by atomic mass is 10.1. The van der Waals surface area contributed by atoms with Gasteiger partial charge in [0.25, 0.3) is 5.91 Å². The van der Waals surface area contributed by atoms with E-state index in [1.165, 1.54) is 6.07 Å². The van der Waals surface area contributed by atoms with E-state index in [0.717, 1.165) is 29.6 Å². The van der Waals surface area contributed by atoms with Crippen LogP contribution in [0.15, 0.2) is 36.4 Å². The van der Waals surface area contributed by atoms with Crippen LogP contribution in [0.5, 0.6) is 11.5 Å². The van der Waals surface area contributed by atoms with E-state index < -0.39 is 19.5 Å². The lowest BCUT2D eigenvalue weighted by Gasteiger charge is -2.16. The largest absolute Gasteiger partial charge is 0.524 e. The first-order valence-corrected chi connectivity index (χ1v) is 14.6. The number of hydrogen-bond acceptors (Lipinski definition) is 8. The van der Waals surface area contributed by atoms with Gasteiger partial charge in [-0.2, -0.15) is 0 Å². The Kier molecular flexibility index (Phi) is 9.47. The van der Waals surface area contributed by atoms with Gasteiger partial charge in [-0.25, -0.2) is 14.5 Å². The number of terminal acetylenes is 1. The van der Waals surface area contributed by atoms with Crippen molar-refractivity contribution in [2.75, 3.05) is 25.5 Å². The Morgan fingerprint density at radius 3 is 2.73 bits per heavy atom. The van der Waals surface area contributed by atoms with Gasteiger partial charge in [0.15, 0.2) is 17.3 Å². The molecule has 0 bridgehead atoms. The van der Waals surface area contributed by atoms with Crippen LogP contribution in [0.1, 0.15) is 36.7 Å². The number of hydrogen-bond donors (Lipinski definition) is 5. The Morgan fingerprint density at radius 2 is 2.00 bits per heavy atom. The number of nitrogens with zero attached hydrogens (tertiary/aromatic N) is 3. The first-order valence-electron chi connectivity index (χ1n) is 13.1. The summed E-state index contributed by atoms with van der Waals surface area (Å²) in [7, 11) is -4.94. The highest BCUT2D eigenvalue weighted by molar-refractivity contribution is 7.46. The second kappa shape index (κ2) is 13.0. The summed E-state index contributed by atoms with van der Waals surface area (Å²) < 4.78 is 24.1. The number of pyridine rings is 1. The number of unbranched alkanes of at least 4 members (excludes halogenated alkanes) is 1. The third-order valence-electron chi connectivity index (χ3n) is 6.41. The third kappa shape index (κ3) is 7.34. The maximum absolute atomic E-state index is 11.7. The molecule has 4 rings (SSSR count). The second-order valence-electron chi connectivity index (χ2n) is 9.37. The molecule has 0 aliphatic rings. The molecule has 216 valence electrons. The molecule has 0 atom stereocenters. The Morgan fingerprint density at radius 1 is 1.20 bits per heavy atom. The molecule has 0 saturated heterocycles. The Bertz CT molecular complexity index is 1660. The van der Waals surface area contributed by atoms with Gasteiger partial charge in [0.05, 0.1) is 30.8 Å². The number of imidazole rings is 1. The van der Waals surface area contributed by atoms with Gasteiger partial charge >= 0.3 is 7.82 Å². The number of fused-ring (bicyclic) bond motifs is 3. The molecular formula is C28H32N5O7P. The average Bonchev–Trinajstić information content (AvgIpc) is 3.29. The first kappa shape index (κ1) is 29.8. The smallest absolute Gasteiger partial charge is 0.504 e. The zero-order valence-corrected chi connectivity index (χ0v) is 23.4. The maximum atomic E-state index is 11.7. The highest BCUT2D eigenvalue weighted by Crippen LogP contribution is 2.44. The minimum absolute atomic E-state index is 0.106. The predicted octanol–water partition coefficient (Wildman–Crippen LogP) is 3.04. The molecule has 2 heterocycles. The molecule has 0 unspecified atom stereocenters. The van der Waals surface area contributed by atoms with E-state index in [-0.39, 0.29) is 18.1 Å². The molecule has 2 aromatic carbocycles. The average molecular weight is 582 g/mol. The quantitative estimate of drug-likeness (QED) is 0.0894. The normalized spacial score (nSPS) is 11.6. The molecule has 0 aliphatic heterocycles. The van der Waals surface area contributed by atoms with E-state index in [1.807, 2.05) is 28.7 Å². The summed E-state index contributed by atoms with van der Waals surface area (Å²) in [6.45, 7) is 3.22. The highest BCUT2D eigenvalue weighted by atomic mass is 31.2. The number of nitrogen functional groups attached to an aromatic ring is 1. The van der Waals surface area contributed by atoms with Gasteiger partial charge in [0.1, 0.15) is 11.3 Å². The highest BCUT2D eigenvalue weighted by Gasteiger charge is 2.24. The molecule has 6 N–H and O–H groups in total. The number of phosphoric ester groups is 1. The summed E-state index contributed by atoms with van der Waals surface area (Å²) in [5.41, 5.74) is 9.56. The van der Waals surface area contributed by atoms with Crippen molar-refractivity contribution in [2.45, 2.75) is 39.2 Å². The fourth-order valence-electron chi connectivity index (χ4n) is 4.53. The maximum Gasteiger partial charge on any atom is 0.524 e. The predicted molar refractivity (Wildman–Crippen MR) is 154 cm³/mol. The summed E-state index contributed by atoms with van der Waals surface area (Å²) in [6.07, 6.45) is 8.03. The zero-order chi connectivity index (χ0) is 29.6. The number of aryl methyl sites for hydroxylation is 1. The molecule has 13 heteroatoms. The van der Waals surface area contributed by atoms with Crippen molar-refractivity contribution in [3.8, 4) is 23.8 Å². The number of carbonyl (C=O) groups is 1. The molecule has 41 heavy (non-hydrogen) atoms. The van der Waals surface area contributed by atoms with E-state index in [9.17, 15) is 24.3 Å². The monoisotopic (exact) mass is 581 g/mol. The number of rotatable bonds is 13. The fourth-order valence-corrected chi connectivity index (χ4v) is 4.97. The van der Waals surface area contributed by atoms with E-state index in [4.69, 9.17) is 26.4 Å². The van der Waals surface area contributed by atoms with Gasteiger partial charge in [0, 0.05) is 23.9 Å². The van der Waals surface area contributed by atoms with Crippen LogP contribution in [-0.2, 0) is 33.5 Å².